The number of rotatable bonds is 5. The molecule has 32 heavy (non-hydrogen) atoms. The van der Waals surface area contributed by atoms with E-state index in [2.05, 4.69) is 20.6 Å². The average molecular weight is 426 g/mol. The number of nitrogens with zero attached hydrogens (tertiary/aromatic N) is 5. The third-order valence-electron chi connectivity index (χ3n) is 4.93. The van der Waals surface area contributed by atoms with Crippen molar-refractivity contribution in [1.82, 2.24) is 24.3 Å². The van der Waals surface area contributed by atoms with Gasteiger partial charge in [-0.05, 0) is 31.2 Å². The first-order valence-corrected chi connectivity index (χ1v) is 9.93. The molecule has 0 bridgehead atoms. The lowest BCUT2D eigenvalue weighted by Gasteiger charge is -2.03. The number of para-hydroxylation sites is 1. The Morgan fingerprint density at radius 2 is 1.81 bits per heavy atom. The van der Waals surface area contributed by atoms with Crippen LogP contribution in [0.2, 0.25) is 0 Å². The molecule has 0 aliphatic rings. The molecular weight excluding hydrogens is 408 g/mol. The molecule has 2 aromatic carbocycles. The van der Waals surface area contributed by atoms with Crippen molar-refractivity contribution in [3.8, 4) is 22.8 Å². The van der Waals surface area contributed by atoms with Gasteiger partial charge in [0.1, 0.15) is 6.54 Å². The molecule has 5 rings (SSSR count). The van der Waals surface area contributed by atoms with Crippen molar-refractivity contribution in [2.24, 2.45) is 0 Å². The molecule has 1 amide bonds. The molecular formula is C23H18N6O3. The van der Waals surface area contributed by atoms with Gasteiger partial charge in [-0.1, -0.05) is 53.2 Å². The molecule has 3 heterocycles. The van der Waals surface area contributed by atoms with Crippen molar-refractivity contribution < 1.29 is 9.32 Å². The molecule has 9 heteroatoms. The summed E-state index contributed by atoms with van der Waals surface area (Å²) in [5, 5.41) is 11.1. The second-order valence-corrected chi connectivity index (χ2v) is 7.26. The fourth-order valence-corrected chi connectivity index (χ4v) is 3.32. The summed E-state index contributed by atoms with van der Waals surface area (Å²) in [4.78, 5) is 29.6. The Labute approximate surface area is 181 Å². The van der Waals surface area contributed by atoms with Crippen molar-refractivity contribution in [3.05, 3.63) is 89.0 Å². The van der Waals surface area contributed by atoms with E-state index in [0.717, 1.165) is 15.8 Å². The summed E-state index contributed by atoms with van der Waals surface area (Å²) in [7, 11) is 0. The highest BCUT2D eigenvalue weighted by Gasteiger charge is 2.18. The predicted octanol–water partition coefficient (Wildman–Crippen LogP) is 3.16. The molecule has 0 spiro atoms. The van der Waals surface area contributed by atoms with Crippen LogP contribution < -0.4 is 11.0 Å². The number of hydrogen-bond acceptors (Lipinski definition) is 6. The highest BCUT2D eigenvalue weighted by molar-refractivity contribution is 5.90. The van der Waals surface area contributed by atoms with E-state index in [0.29, 0.717) is 22.7 Å². The number of aromatic nitrogens is 5. The number of hydrogen-bond donors (Lipinski definition) is 1. The third-order valence-corrected chi connectivity index (χ3v) is 4.93. The summed E-state index contributed by atoms with van der Waals surface area (Å²) in [5.41, 5.74) is 2.97. The second-order valence-electron chi connectivity index (χ2n) is 7.26. The molecule has 0 atom stereocenters. The number of nitrogens with one attached hydrogen (secondary N) is 1. The minimum Gasteiger partial charge on any atom is -0.333 e. The van der Waals surface area contributed by atoms with E-state index in [1.54, 1.807) is 30.5 Å². The van der Waals surface area contributed by atoms with Gasteiger partial charge in [0.05, 0.1) is 5.56 Å². The maximum Gasteiger partial charge on any atom is 0.350 e. The normalized spacial score (nSPS) is 11.0. The lowest BCUT2D eigenvalue weighted by atomic mass is 10.1. The lowest BCUT2D eigenvalue weighted by Crippen LogP contribution is -2.28. The van der Waals surface area contributed by atoms with Crippen LogP contribution in [0.4, 0.5) is 5.69 Å². The van der Waals surface area contributed by atoms with Gasteiger partial charge in [0.25, 0.3) is 5.89 Å². The van der Waals surface area contributed by atoms with E-state index in [9.17, 15) is 9.59 Å². The molecule has 158 valence electrons. The Morgan fingerprint density at radius 1 is 1.03 bits per heavy atom. The third kappa shape index (κ3) is 3.67. The first kappa shape index (κ1) is 19.4. The Balaban J connectivity index is 1.46. The molecule has 1 N–H and O–H groups in total. The van der Waals surface area contributed by atoms with Gasteiger partial charge in [-0.2, -0.15) is 4.98 Å². The standard InChI is InChI=1S/C23H18N6O3/c1-15-9-11-16(12-10-15)20-25-22(32-27-20)18-8-5-13-28-21(18)26-29(23(28)31)14-19(30)24-17-6-3-2-4-7-17/h2-13H,14H2,1H3,(H,24,30). The van der Waals surface area contributed by atoms with Crippen LogP contribution in [0.25, 0.3) is 28.5 Å². The van der Waals surface area contributed by atoms with Crippen LogP contribution in [0.1, 0.15) is 5.56 Å². The van der Waals surface area contributed by atoms with Gasteiger partial charge in [-0.25, -0.2) is 13.9 Å². The van der Waals surface area contributed by atoms with Gasteiger partial charge in [-0.3, -0.25) is 4.79 Å². The molecule has 0 aliphatic heterocycles. The first-order valence-electron chi connectivity index (χ1n) is 9.93. The number of aryl methyl sites for hydroxylation is 1. The quantitative estimate of drug-likeness (QED) is 0.463. The zero-order valence-corrected chi connectivity index (χ0v) is 17.1. The fraction of sp³-hybridized carbons (Fsp3) is 0.0870. The minimum atomic E-state index is -0.441. The molecule has 5 aromatic rings. The number of fused-ring (bicyclic) bond motifs is 1. The monoisotopic (exact) mass is 426 g/mol. The molecule has 0 unspecified atom stereocenters. The van der Waals surface area contributed by atoms with Gasteiger partial charge >= 0.3 is 5.69 Å². The molecule has 0 aliphatic carbocycles. The Morgan fingerprint density at radius 3 is 2.59 bits per heavy atom. The average Bonchev–Trinajstić information content (AvgIpc) is 3.40. The summed E-state index contributed by atoms with van der Waals surface area (Å²) in [6.07, 6.45) is 1.58. The molecule has 0 saturated heterocycles. The van der Waals surface area contributed by atoms with Crippen molar-refractivity contribution in [2.45, 2.75) is 13.5 Å². The minimum absolute atomic E-state index is 0.229. The first-order chi connectivity index (χ1) is 15.6. The van der Waals surface area contributed by atoms with Gasteiger partial charge in [-0.15, -0.1) is 5.10 Å². The van der Waals surface area contributed by atoms with Gasteiger partial charge in [0.2, 0.25) is 11.7 Å². The highest BCUT2D eigenvalue weighted by atomic mass is 16.5. The maximum absolute atomic E-state index is 12.8. The SMILES string of the molecule is Cc1ccc(-c2noc(-c3cccn4c(=O)n(CC(=O)Nc5ccccc5)nc34)n2)cc1. The lowest BCUT2D eigenvalue weighted by molar-refractivity contribution is -0.117. The van der Waals surface area contributed by atoms with Crippen molar-refractivity contribution in [2.75, 3.05) is 5.32 Å². The number of carbonyl (C=O) groups excluding carboxylic acids is 1. The Bertz CT molecular complexity index is 1470. The van der Waals surface area contributed by atoms with Crippen LogP contribution in [-0.4, -0.2) is 30.2 Å². The second kappa shape index (κ2) is 7.95. The summed E-state index contributed by atoms with van der Waals surface area (Å²) < 4.78 is 7.90. The van der Waals surface area contributed by atoms with Crippen LogP contribution in [-0.2, 0) is 11.3 Å². The van der Waals surface area contributed by atoms with Gasteiger partial charge in [0.15, 0.2) is 5.65 Å². The van der Waals surface area contributed by atoms with E-state index >= 15 is 0 Å². The van der Waals surface area contributed by atoms with E-state index in [-0.39, 0.29) is 18.3 Å². The van der Waals surface area contributed by atoms with Crippen molar-refractivity contribution >= 4 is 17.2 Å². The molecule has 3 aromatic heterocycles. The summed E-state index contributed by atoms with van der Waals surface area (Å²) in [6, 6.07) is 20.2. The zero-order chi connectivity index (χ0) is 22.1. The largest absolute Gasteiger partial charge is 0.350 e. The molecule has 9 nitrogen and oxygen atoms in total. The van der Waals surface area contributed by atoms with Crippen LogP contribution in [0.3, 0.4) is 0 Å². The number of pyridine rings is 1. The fourth-order valence-electron chi connectivity index (χ4n) is 3.32. The van der Waals surface area contributed by atoms with Crippen molar-refractivity contribution in [1.29, 1.82) is 0 Å². The Kier molecular flexibility index (Phi) is 4.83. The van der Waals surface area contributed by atoms with Crippen LogP contribution >= 0.6 is 0 Å². The molecule has 0 radical (unpaired) electrons. The van der Waals surface area contributed by atoms with E-state index < -0.39 is 5.69 Å². The number of anilines is 1. The summed E-state index contributed by atoms with van der Waals surface area (Å²) in [6.45, 7) is 1.77. The summed E-state index contributed by atoms with van der Waals surface area (Å²) >= 11 is 0. The van der Waals surface area contributed by atoms with E-state index in [1.807, 2.05) is 49.4 Å². The highest BCUT2D eigenvalue weighted by Crippen LogP contribution is 2.24. The zero-order valence-electron chi connectivity index (χ0n) is 17.1. The number of carbonyl (C=O) groups is 1. The Hall–Kier alpha value is -4.53. The number of benzene rings is 2. The van der Waals surface area contributed by atoms with Crippen LogP contribution in [0.15, 0.2) is 82.2 Å². The molecule has 0 saturated carbocycles. The van der Waals surface area contributed by atoms with Crippen molar-refractivity contribution in [3.63, 3.8) is 0 Å². The van der Waals surface area contributed by atoms with Crippen LogP contribution in [0, 0.1) is 6.92 Å². The predicted molar refractivity (Wildman–Crippen MR) is 118 cm³/mol. The van der Waals surface area contributed by atoms with Gasteiger partial charge < -0.3 is 9.84 Å². The molecule has 0 fully saturated rings. The smallest absolute Gasteiger partial charge is 0.333 e. The summed E-state index contributed by atoms with van der Waals surface area (Å²) in [5.74, 6) is 0.311. The van der Waals surface area contributed by atoms with Gasteiger partial charge in [0, 0.05) is 17.4 Å². The van der Waals surface area contributed by atoms with E-state index in [1.165, 1.54) is 4.40 Å². The maximum atomic E-state index is 12.8. The topological polar surface area (TPSA) is 107 Å². The number of amides is 1. The van der Waals surface area contributed by atoms with Crippen LogP contribution in [0.5, 0.6) is 0 Å². The van der Waals surface area contributed by atoms with E-state index in [4.69, 9.17) is 4.52 Å².